The molecule has 0 radical (unpaired) electrons. The molecule has 0 spiro atoms. The first-order valence-corrected chi connectivity index (χ1v) is 5.08. The molecular formula is C11H13F2NS. The SMILES string of the molecule is CC(C(N)=S)C(C)c1ccc(F)c(F)c1. The van der Waals surface area contributed by atoms with Crippen LogP contribution in [0.15, 0.2) is 18.2 Å². The summed E-state index contributed by atoms with van der Waals surface area (Å²) in [6.07, 6.45) is 0. The summed E-state index contributed by atoms with van der Waals surface area (Å²) in [5.74, 6) is -1.73. The van der Waals surface area contributed by atoms with Crippen molar-refractivity contribution in [3.8, 4) is 0 Å². The number of halogens is 2. The molecule has 0 amide bonds. The van der Waals surface area contributed by atoms with Crippen LogP contribution in [-0.2, 0) is 0 Å². The minimum atomic E-state index is -0.839. The molecule has 2 unspecified atom stereocenters. The lowest BCUT2D eigenvalue weighted by Gasteiger charge is -2.19. The molecule has 0 aliphatic carbocycles. The van der Waals surface area contributed by atoms with Gasteiger partial charge in [-0.15, -0.1) is 0 Å². The summed E-state index contributed by atoms with van der Waals surface area (Å²) >= 11 is 4.86. The maximum absolute atomic E-state index is 13.0. The Morgan fingerprint density at radius 2 is 1.87 bits per heavy atom. The number of hydrogen-bond donors (Lipinski definition) is 1. The lowest BCUT2D eigenvalue weighted by Crippen LogP contribution is -2.23. The fourth-order valence-electron chi connectivity index (χ4n) is 1.33. The van der Waals surface area contributed by atoms with Gasteiger partial charge in [-0.25, -0.2) is 8.78 Å². The van der Waals surface area contributed by atoms with Crippen LogP contribution in [0.25, 0.3) is 0 Å². The molecule has 0 heterocycles. The van der Waals surface area contributed by atoms with Crippen molar-refractivity contribution in [2.45, 2.75) is 19.8 Å². The lowest BCUT2D eigenvalue weighted by atomic mass is 9.89. The molecule has 0 aromatic heterocycles. The van der Waals surface area contributed by atoms with Crippen molar-refractivity contribution < 1.29 is 8.78 Å². The Morgan fingerprint density at radius 3 is 2.33 bits per heavy atom. The van der Waals surface area contributed by atoms with Crippen LogP contribution in [0.4, 0.5) is 8.78 Å². The Hall–Kier alpha value is -1.03. The summed E-state index contributed by atoms with van der Waals surface area (Å²) in [6.45, 7) is 3.75. The zero-order chi connectivity index (χ0) is 11.6. The monoisotopic (exact) mass is 229 g/mol. The van der Waals surface area contributed by atoms with Crippen LogP contribution in [-0.4, -0.2) is 4.99 Å². The summed E-state index contributed by atoms with van der Waals surface area (Å²) in [6, 6.07) is 3.86. The van der Waals surface area contributed by atoms with Gasteiger partial charge in [0, 0.05) is 5.92 Å². The van der Waals surface area contributed by atoms with Crippen LogP contribution < -0.4 is 5.73 Å². The molecule has 1 aromatic carbocycles. The van der Waals surface area contributed by atoms with E-state index in [1.54, 1.807) is 6.07 Å². The highest BCUT2D eigenvalue weighted by atomic mass is 32.1. The Bertz CT molecular complexity index is 379. The zero-order valence-corrected chi connectivity index (χ0v) is 9.44. The topological polar surface area (TPSA) is 26.0 Å². The molecule has 0 bridgehead atoms. The van der Waals surface area contributed by atoms with E-state index in [0.29, 0.717) is 10.6 Å². The van der Waals surface area contributed by atoms with Crippen molar-refractivity contribution >= 4 is 17.2 Å². The second-order valence-electron chi connectivity index (χ2n) is 3.65. The van der Waals surface area contributed by atoms with Crippen LogP contribution in [0.5, 0.6) is 0 Å². The zero-order valence-electron chi connectivity index (χ0n) is 8.63. The van der Waals surface area contributed by atoms with Crippen LogP contribution in [0, 0.1) is 17.6 Å². The van der Waals surface area contributed by atoms with Gasteiger partial charge < -0.3 is 5.73 Å². The minimum absolute atomic E-state index is 0.0161. The molecule has 1 aromatic rings. The van der Waals surface area contributed by atoms with E-state index in [0.717, 1.165) is 6.07 Å². The highest BCUT2D eigenvalue weighted by Gasteiger charge is 2.17. The first kappa shape index (κ1) is 12.0. The summed E-state index contributed by atoms with van der Waals surface area (Å²) in [5.41, 5.74) is 6.21. The van der Waals surface area contributed by atoms with Gasteiger partial charge >= 0.3 is 0 Å². The predicted molar refractivity (Wildman–Crippen MR) is 60.7 cm³/mol. The Balaban J connectivity index is 2.96. The molecule has 0 fully saturated rings. The van der Waals surface area contributed by atoms with Gasteiger partial charge in [-0.3, -0.25) is 0 Å². The van der Waals surface area contributed by atoms with Gasteiger partial charge in [0.1, 0.15) is 0 Å². The van der Waals surface area contributed by atoms with Gasteiger partial charge in [-0.2, -0.15) is 0 Å². The van der Waals surface area contributed by atoms with Gasteiger partial charge in [0.15, 0.2) is 11.6 Å². The Labute approximate surface area is 93.3 Å². The van der Waals surface area contributed by atoms with Gasteiger partial charge in [-0.05, 0) is 23.6 Å². The fraction of sp³-hybridized carbons (Fsp3) is 0.364. The molecule has 4 heteroatoms. The average Bonchev–Trinajstić information content (AvgIpc) is 2.19. The van der Waals surface area contributed by atoms with Crippen molar-refractivity contribution in [1.82, 2.24) is 0 Å². The molecule has 2 atom stereocenters. The number of rotatable bonds is 3. The second kappa shape index (κ2) is 4.66. The van der Waals surface area contributed by atoms with Crippen molar-refractivity contribution in [3.63, 3.8) is 0 Å². The van der Waals surface area contributed by atoms with Crippen LogP contribution in [0.2, 0.25) is 0 Å². The Morgan fingerprint density at radius 1 is 1.27 bits per heavy atom. The standard InChI is InChI=1S/C11H13F2NS/c1-6(7(2)11(14)15)8-3-4-9(12)10(13)5-8/h3-7H,1-2H3,(H2,14,15). The van der Waals surface area contributed by atoms with Crippen molar-refractivity contribution in [2.24, 2.45) is 11.7 Å². The maximum atomic E-state index is 13.0. The molecule has 0 saturated carbocycles. The van der Waals surface area contributed by atoms with E-state index in [4.69, 9.17) is 18.0 Å². The summed E-state index contributed by atoms with van der Waals surface area (Å²) in [7, 11) is 0. The fourth-order valence-corrected chi connectivity index (χ4v) is 1.53. The third-order valence-corrected chi connectivity index (χ3v) is 3.04. The van der Waals surface area contributed by atoms with E-state index in [-0.39, 0.29) is 11.8 Å². The molecule has 2 N–H and O–H groups in total. The minimum Gasteiger partial charge on any atom is -0.393 e. The number of thiocarbonyl (C=S) groups is 1. The number of nitrogens with two attached hydrogens (primary N) is 1. The van der Waals surface area contributed by atoms with E-state index >= 15 is 0 Å². The molecule has 1 rings (SSSR count). The molecule has 1 nitrogen and oxygen atoms in total. The largest absolute Gasteiger partial charge is 0.393 e. The highest BCUT2D eigenvalue weighted by molar-refractivity contribution is 7.80. The van der Waals surface area contributed by atoms with Gasteiger partial charge in [0.25, 0.3) is 0 Å². The normalized spacial score (nSPS) is 14.7. The van der Waals surface area contributed by atoms with E-state index in [9.17, 15) is 8.78 Å². The van der Waals surface area contributed by atoms with Crippen molar-refractivity contribution in [3.05, 3.63) is 35.4 Å². The third kappa shape index (κ3) is 2.72. The van der Waals surface area contributed by atoms with Crippen LogP contribution >= 0.6 is 12.2 Å². The first-order chi connectivity index (χ1) is 6.93. The maximum Gasteiger partial charge on any atom is 0.159 e. The molecule has 0 saturated heterocycles. The summed E-state index contributed by atoms with van der Waals surface area (Å²) in [5, 5.41) is 0. The molecule has 15 heavy (non-hydrogen) atoms. The molecule has 82 valence electrons. The smallest absolute Gasteiger partial charge is 0.159 e. The molecule has 0 aliphatic rings. The van der Waals surface area contributed by atoms with Gasteiger partial charge in [-0.1, -0.05) is 32.1 Å². The highest BCUT2D eigenvalue weighted by Crippen LogP contribution is 2.25. The van der Waals surface area contributed by atoms with E-state index in [2.05, 4.69) is 0 Å². The Kier molecular flexibility index (Phi) is 3.74. The van der Waals surface area contributed by atoms with Crippen LogP contribution in [0.3, 0.4) is 0 Å². The third-order valence-electron chi connectivity index (χ3n) is 2.67. The van der Waals surface area contributed by atoms with E-state index in [1.807, 2.05) is 13.8 Å². The molecule has 0 aliphatic heterocycles. The van der Waals surface area contributed by atoms with Gasteiger partial charge in [0.05, 0.1) is 4.99 Å². The van der Waals surface area contributed by atoms with E-state index < -0.39 is 11.6 Å². The van der Waals surface area contributed by atoms with Crippen molar-refractivity contribution in [1.29, 1.82) is 0 Å². The van der Waals surface area contributed by atoms with Gasteiger partial charge in [0.2, 0.25) is 0 Å². The lowest BCUT2D eigenvalue weighted by molar-refractivity contribution is 0.503. The van der Waals surface area contributed by atoms with Crippen LogP contribution in [0.1, 0.15) is 25.3 Å². The number of hydrogen-bond acceptors (Lipinski definition) is 1. The van der Waals surface area contributed by atoms with Crippen molar-refractivity contribution in [2.75, 3.05) is 0 Å². The average molecular weight is 229 g/mol. The second-order valence-corrected chi connectivity index (χ2v) is 4.12. The summed E-state index contributed by atoms with van der Waals surface area (Å²) in [4.78, 5) is 0.382. The predicted octanol–water partition coefficient (Wildman–Crippen LogP) is 2.99. The van der Waals surface area contributed by atoms with E-state index in [1.165, 1.54) is 6.07 Å². The molecular weight excluding hydrogens is 216 g/mol. The first-order valence-electron chi connectivity index (χ1n) is 4.67. The summed E-state index contributed by atoms with van der Waals surface area (Å²) < 4.78 is 25.7. The number of benzene rings is 1. The quantitative estimate of drug-likeness (QED) is 0.806.